The van der Waals surface area contributed by atoms with E-state index in [1.165, 1.54) is 13.2 Å². The molecule has 1 rings (SSSR count). The van der Waals surface area contributed by atoms with Crippen LogP contribution in [0, 0.1) is 11.3 Å². The second-order valence-corrected chi connectivity index (χ2v) is 4.87. The summed E-state index contributed by atoms with van der Waals surface area (Å²) in [5.74, 6) is -0.772. The molecule has 0 unspecified atom stereocenters. The normalized spacial score (nSPS) is 10.9. The van der Waals surface area contributed by atoms with Crippen molar-refractivity contribution >= 4 is 17.7 Å². The summed E-state index contributed by atoms with van der Waals surface area (Å²) in [6.07, 6.45) is -0.327. The molecule has 4 nitrogen and oxygen atoms in total. The second-order valence-electron chi connectivity index (χ2n) is 3.76. The molecular weight excluding hydrogens is 307 g/mol. The van der Waals surface area contributed by atoms with Crippen LogP contribution in [0.1, 0.15) is 18.1 Å². The van der Waals surface area contributed by atoms with Gasteiger partial charge in [0.15, 0.2) is 0 Å². The Kier molecular flexibility index (Phi) is 5.90. The summed E-state index contributed by atoms with van der Waals surface area (Å²) in [4.78, 5) is 11.3. The van der Waals surface area contributed by atoms with Gasteiger partial charge in [0, 0.05) is 5.56 Å². The van der Waals surface area contributed by atoms with E-state index in [4.69, 9.17) is 14.7 Å². The van der Waals surface area contributed by atoms with E-state index in [2.05, 4.69) is 0 Å². The SMILES string of the molecule is CCOC(=O)Cc1c(C#N)ccc(SC(F)(F)F)c1OC. The highest BCUT2D eigenvalue weighted by molar-refractivity contribution is 8.00. The Balaban J connectivity index is 3.27. The van der Waals surface area contributed by atoms with E-state index in [9.17, 15) is 18.0 Å². The van der Waals surface area contributed by atoms with Crippen LogP contribution >= 0.6 is 11.8 Å². The monoisotopic (exact) mass is 319 g/mol. The minimum Gasteiger partial charge on any atom is -0.495 e. The van der Waals surface area contributed by atoms with Gasteiger partial charge < -0.3 is 9.47 Å². The summed E-state index contributed by atoms with van der Waals surface area (Å²) in [6, 6.07) is 4.20. The number of nitrogens with zero attached hydrogens (tertiary/aromatic N) is 1. The predicted molar refractivity (Wildman–Crippen MR) is 70.0 cm³/mol. The van der Waals surface area contributed by atoms with Crippen molar-refractivity contribution in [2.45, 2.75) is 23.7 Å². The molecule has 0 aliphatic rings. The molecule has 0 aliphatic heterocycles. The molecule has 114 valence electrons. The largest absolute Gasteiger partial charge is 0.495 e. The first-order valence-corrected chi connectivity index (χ1v) is 6.65. The van der Waals surface area contributed by atoms with Crippen LogP contribution in [0.25, 0.3) is 0 Å². The average molecular weight is 319 g/mol. The molecule has 1 aromatic rings. The first-order valence-electron chi connectivity index (χ1n) is 5.83. The maximum absolute atomic E-state index is 12.5. The third-order valence-corrected chi connectivity index (χ3v) is 3.17. The Labute approximate surface area is 123 Å². The third kappa shape index (κ3) is 4.86. The highest BCUT2D eigenvalue weighted by Crippen LogP contribution is 2.43. The van der Waals surface area contributed by atoms with Crippen LogP contribution in [0.2, 0.25) is 0 Å². The van der Waals surface area contributed by atoms with Crippen LogP contribution in [0.3, 0.4) is 0 Å². The molecule has 0 N–H and O–H groups in total. The van der Waals surface area contributed by atoms with Crippen LogP contribution in [0.15, 0.2) is 17.0 Å². The molecule has 1 aromatic carbocycles. The first kappa shape index (κ1) is 17.2. The fraction of sp³-hybridized carbons (Fsp3) is 0.385. The van der Waals surface area contributed by atoms with Gasteiger partial charge in [-0.05, 0) is 30.8 Å². The molecule has 8 heteroatoms. The lowest BCUT2D eigenvalue weighted by molar-refractivity contribution is -0.142. The molecule has 0 spiro atoms. The number of nitriles is 1. The van der Waals surface area contributed by atoms with Crippen LogP contribution < -0.4 is 4.74 Å². The van der Waals surface area contributed by atoms with Gasteiger partial charge >= 0.3 is 11.5 Å². The van der Waals surface area contributed by atoms with E-state index in [-0.39, 0.29) is 46.6 Å². The zero-order chi connectivity index (χ0) is 16.0. The molecular formula is C13H12F3NO3S. The minimum absolute atomic E-state index is 0.0754. The number of ether oxygens (including phenoxy) is 2. The van der Waals surface area contributed by atoms with Gasteiger partial charge in [0.25, 0.3) is 0 Å². The van der Waals surface area contributed by atoms with Gasteiger partial charge in [0.05, 0.1) is 36.7 Å². The van der Waals surface area contributed by atoms with Crippen molar-refractivity contribution in [3.8, 4) is 11.8 Å². The maximum Gasteiger partial charge on any atom is 0.446 e. The van der Waals surface area contributed by atoms with Crippen molar-refractivity contribution in [2.24, 2.45) is 0 Å². The molecule has 0 amide bonds. The standard InChI is InChI=1S/C13H12F3NO3S/c1-3-20-11(18)6-9-8(7-17)4-5-10(12(9)19-2)21-13(14,15)16/h4-5H,3,6H2,1-2H3. The van der Waals surface area contributed by atoms with E-state index in [1.54, 1.807) is 6.92 Å². The molecule has 0 fully saturated rings. The summed E-state index contributed by atoms with van der Waals surface area (Å²) in [7, 11) is 1.19. The number of benzene rings is 1. The summed E-state index contributed by atoms with van der Waals surface area (Å²) in [5.41, 5.74) is -4.33. The molecule has 0 aromatic heterocycles. The van der Waals surface area contributed by atoms with E-state index < -0.39 is 11.5 Å². The number of carbonyl (C=O) groups is 1. The number of carbonyl (C=O) groups excluding carboxylic acids is 1. The minimum atomic E-state index is -4.50. The number of thioether (sulfide) groups is 1. The number of methoxy groups -OCH3 is 1. The van der Waals surface area contributed by atoms with Gasteiger partial charge in [-0.15, -0.1) is 0 Å². The van der Waals surface area contributed by atoms with Crippen LogP contribution in [-0.4, -0.2) is 25.2 Å². The Bertz CT molecular complexity index is 567. The molecule has 0 heterocycles. The van der Waals surface area contributed by atoms with Crippen LogP contribution in [0.5, 0.6) is 5.75 Å². The Morgan fingerprint density at radius 2 is 2.10 bits per heavy atom. The van der Waals surface area contributed by atoms with Gasteiger partial charge in [-0.25, -0.2) is 0 Å². The van der Waals surface area contributed by atoms with Gasteiger partial charge in [0.2, 0.25) is 0 Å². The summed E-state index contributed by atoms with van der Waals surface area (Å²) in [6.45, 7) is 1.75. The maximum atomic E-state index is 12.5. The first-order chi connectivity index (χ1) is 9.82. The van der Waals surface area contributed by atoms with Gasteiger partial charge in [-0.1, -0.05) is 0 Å². The molecule has 0 saturated carbocycles. The lowest BCUT2D eigenvalue weighted by atomic mass is 10.0. The number of rotatable bonds is 5. The predicted octanol–water partition coefficient (Wildman–Crippen LogP) is 3.28. The lowest BCUT2D eigenvalue weighted by Gasteiger charge is -2.15. The van der Waals surface area contributed by atoms with Crippen molar-refractivity contribution in [1.29, 1.82) is 5.26 Å². The Morgan fingerprint density at radius 3 is 2.57 bits per heavy atom. The quantitative estimate of drug-likeness (QED) is 0.616. The molecule has 0 radical (unpaired) electrons. The number of esters is 1. The van der Waals surface area contributed by atoms with Crippen LogP contribution in [-0.2, 0) is 16.0 Å². The number of halogens is 3. The van der Waals surface area contributed by atoms with E-state index >= 15 is 0 Å². The third-order valence-electron chi connectivity index (χ3n) is 2.40. The molecule has 0 atom stereocenters. The van der Waals surface area contributed by atoms with E-state index in [0.29, 0.717) is 0 Å². The molecule has 0 saturated heterocycles. The zero-order valence-corrected chi connectivity index (χ0v) is 12.1. The Morgan fingerprint density at radius 1 is 1.43 bits per heavy atom. The summed E-state index contributed by atoms with van der Waals surface area (Å²) < 4.78 is 47.2. The smallest absolute Gasteiger partial charge is 0.446 e. The van der Waals surface area contributed by atoms with Crippen molar-refractivity contribution in [3.05, 3.63) is 23.3 Å². The van der Waals surface area contributed by atoms with Gasteiger partial charge in [-0.3, -0.25) is 4.79 Å². The lowest BCUT2D eigenvalue weighted by Crippen LogP contribution is -2.11. The fourth-order valence-corrected chi connectivity index (χ4v) is 2.36. The van der Waals surface area contributed by atoms with Crippen molar-refractivity contribution < 1.29 is 27.4 Å². The highest BCUT2D eigenvalue weighted by atomic mass is 32.2. The Hall–Kier alpha value is -1.88. The van der Waals surface area contributed by atoms with E-state index in [1.807, 2.05) is 6.07 Å². The average Bonchev–Trinajstić information content (AvgIpc) is 2.37. The zero-order valence-electron chi connectivity index (χ0n) is 11.3. The topological polar surface area (TPSA) is 59.3 Å². The number of hydrogen-bond donors (Lipinski definition) is 0. The van der Waals surface area contributed by atoms with Crippen LogP contribution in [0.4, 0.5) is 13.2 Å². The van der Waals surface area contributed by atoms with Crippen molar-refractivity contribution in [2.75, 3.05) is 13.7 Å². The van der Waals surface area contributed by atoms with Gasteiger partial charge in [-0.2, -0.15) is 18.4 Å². The molecule has 0 bridgehead atoms. The van der Waals surface area contributed by atoms with Crippen molar-refractivity contribution in [3.63, 3.8) is 0 Å². The van der Waals surface area contributed by atoms with Crippen molar-refractivity contribution in [1.82, 2.24) is 0 Å². The summed E-state index contributed by atoms with van der Waals surface area (Å²) in [5, 5.41) is 9.02. The highest BCUT2D eigenvalue weighted by Gasteiger charge is 2.32. The number of hydrogen-bond acceptors (Lipinski definition) is 5. The molecule has 21 heavy (non-hydrogen) atoms. The number of alkyl halides is 3. The molecule has 0 aliphatic carbocycles. The van der Waals surface area contributed by atoms with E-state index in [0.717, 1.165) is 6.07 Å². The second kappa shape index (κ2) is 7.22. The van der Waals surface area contributed by atoms with Gasteiger partial charge in [0.1, 0.15) is 5.75 Å². The fourth-order valence-electron chi connectivity index (χ4n) is 1.67. The summed E-state index contributed by atoms with van der Waals surface area (Å²) >= 11 is -0.361.